The van der Waals surface area contributed by atoms with Gasteiger partial charge in [0.1, 0.15) is 0 Å². The lowest BCUT2D eigenvalue weighted by atomic mass is 9.96. The van der Waals surface area contributed by atoms with Gasteiger partial charge in [-0.05, 0) is 76.6 Å². The topological polar surface area (TPSA) is 51.8 Å². The molecule has 4 aromatic carbocycles. The number of fused-ring (bicyclic) bond motifs is 3. The van der Waals surface area contributed by atoms with Crippen LogP contribution in [0.2, 0.25) is 0 Å². The van der Waals surface area contributed by atoms with Crippen LogP contribution in [0.3, 0.4) is 0 Å². The van der Waals surface area contributed by atoms with Gasteiger partial charge in [-0.2, -0.15) is 0 Å². The molecule has 0 bridgehead atoms. The number of nitrogens with zero attached hydrogens (tertiary/aromatic N) is 2. The monoisotopic (exact) mass is 427 g/mol. The standard InChI is InChI=1S/C30H25N3/c31-30-32-28-25(18-20-13-14-21-7-1-3-9-23(21)17-20)11-5-6-12-27(28)29(33-30)26-16-15-22-8-2-4-10-24(22)19-26/h1-4,7-10,13-19H,5-6,11-12H2,(H2,31,32,33)/b25-18+. The Hall–Kier alpha value is -3.98. The highest BCUT2D eigenvalue weighted by Crippen LogP contribution is 2.36. The molecule has 1 aromatic heterocycles. The van der Waals surface area contributed by atoms with Crippen molar-refractivity contribution in [3.63, 3.8) is 0 Å². The first-order valence-electron chi connectivity index (χ1n) is 11.6. The maximum atomic E-state index is 6.26. The Morgan fingerprint density at radius 2 is 1.27 bits per heavy atom. The smallest absolute Gasteiger partial charge is 0.221 e. The summed E-state index contributed by atoms with van der Waals surface area (Å²) in [5.74, 6) is 0.336. The minimum atomic E-state index is 0.336. The van der Waals surface area contributed by atoms with Crippen LogP contribution in [0.4, 0.5) is 5.95 Å². The summed E-state index contributed by atoms with van der Waals surface area (Å²) in [6.07, 6.45) is 6.50. The molecule has 0 saturated carbocycles. The van der Waals surface area contributed by atoms with Crippen LogP contribution in [0.25, 0.3) is 44.5 Å². The summed E-state index contributed by atoms with van der Waals surface area (Å²) in [6.45, 7) is 0. The Bertz CT molecular complexity index is 1530. The molecule has 0 aliphatic heterocycles. The van der Waals surface area contributed by atoms with E-state index in [1.807, 2.05) is 0 Å². The zero-order chi connectivity index (χ0) is 22.2. The van der Waals surface area contributed by atoms with Gasteiger partial charge in [0.2, 0.25) is 5.95 Å². The van der Waals surface area contributed by atoms with Crippen LogP contribution >= 0.6 is 0 Å². The van der Waals surface area contributed by atoms with Crippen LogP contribution in [-0.2, 0) is 6.42 Å². The van der Waals surface area contributed by atoms with Gasteiger partial charge >= 0.3 is 0 Å². The van der Waals surface area contributed by atoms with Crippen LogP contribution in [0, 0.1) is 0 Å². The third kappa shape index (κ3) is 3.76. The average Bonchev–Trinajstić information content (AvgIpc) is 3.05. The molecule has 0 amide bonds. The van der Waals surface area contributed by atoms with E-state index in [0.29, 0.717) is 5.95 Å². The fraction of sp³-hybridized carbons (Fsp3) is 0.133. The molecule has 0 spiro atoms. The lowest BCUT2D eigenvalue weighted by Gasteiger charge is -2.14. The number of nitrogens with two attached hydrogens (primary N) is 1. The Kier molecular flexibility index (Phi) is 4.88. The van der Waals surface area contributed by atoms with Crippen molar-refractivity contribution in [3.8, 4) is 11.3 Å². The van der Waals surface area contributed by atoms with Gasteiger partial charge in [0.05, 0.1) is 11.4 Å². The van der Waals surface area contributed by atoms with Crippen LogP contribution in [0.15, 0.2) is 84.9 Å². The van der Waals surface area contributed by atoms with E-state index in [-0.39, 0.29) is 0 Å². The number of aromatic nitrogens is 2. The fourth-order valence-corrected chi connectivity index (χ4v) is 4.95. The number of benzene rings is 4. The lowest BCUT2D eigenvalue weighted by molar-refractivity contribution is 0.771. The van der Waals surface area contributed by atoms with Crippen LogP contribution in [0.5, 0.6) is 0 Å². The molecule has 0 saturated heterocycles. The molecule has 6 rings (SSSR count). The second kappa shape index (κ2) is 8.18. The first-order chi connectivity index (χ1) is 16.2. The molecule has 5 aromatic rings. The highest BCUT2D eigenvalue weighted by Gasteiger charge is 2.21. The number of anilines is 1. The van der Waals surface area contributed by atoms with E-state index < -0.39 is 0 Å². The fourth-order valence-electron chi connectivity index (χ4n) is 4.95. The summed E-state index contributed by atoms with van der Waals surface area (Å²) >= 11 is 0. The van der Waals surface area contributed by atoms with Gasteiger partial charge in [-0.1, -0.05) is 72.8 Å². The second-order valence-corrected chi connectivity index (χ2v) is 8.80. The normalized spacial score (nSPS) is 15.0. The average molecular weight is 428 g/mol. The van der Waals surface area contributed by atoms with Crippen molar-refractivity contribution < 1.29 is 0 Å². The van der Waals surface area contributed by atoms with Crippen molar-refractivity contribution in [1.29, 1.82) is 0 Å². The third-order valence-electron chi connectivity index (χ3n) is 6.59. The molecule has 2 N–H and O–H groups in total. The summed E-state index contributed by atoms with van der Waals surface area (Å²) in [4.78, 5) is 9.49. The number of nitrogen functional groups attached to an aromatic ring is 1. The minimum absolute atomic E-state index is 0.336. The van der Waals surface area contributed by atoms with Crippen LogP contribution < -0.4 is 5.73 Å². The van der Waals surface area contributed by atoms with Gasteiger partial charge in [0, 0.05) is 11.1 Å². The molecule has 33 heavy (non-hydrogen) atoms. The molecule has 0 unspecified atom stereocenters. The minimum Gasteiger partial charge on any atom is -0.368 e. The zero-order valence-electron chi connectivity index (χ0n) is 18.5. The molecular formula is C30H25N3. The summed E-state index contributed by atoms with van der Waals surface area (Å²) in [7, 11) is 0. The molecule has 0 atom stereocenters. The first-order valence-corrected chi connectivity index (χ1v) is 11.6. The zero-order valence-corrected chi connectivity index (χ0v) is 18.5. The lowest BCUT2D eigenvalue weighted by Crippen LogP contribution is -2.06. The van der Waals surface area contributed by atoms with E-state index in [9.17, 15) is 0 Å². The molecule has 0 fully saturated rings. The van der Waals surface area contributed by atoms with Gasteiger partial charge < -0.3 is 5.73 Å². The summed E-state index contributed by atoms with van der Waals surface area (Å²) in [5.41, 5.74) is 13.0. The van der Waals surface area contributed by atoms with Gasteiger partial charge in [-0.3, -0.25) is 0 Å². The number of rotatable bonds is 2. The van der Waals surface area contributed by atoms with Crippen molar-refractivity contribution in [1.82, 2.24) is 9.97 Å². The first kappa shape index (κ1) is 19.7. The molecule has 3 heteroatoms. The maximum absolute atomic E-state index is 6.26. The van der Waals surface area contributed by atoms with Crippen molar-refractivity contribution in [2.75, 3.05) is 5.73 Å². The SMILES string of the molecule is Nc1nc2c(c(-c3ccc4ccccc4c3)n1)CCCC/C2=C\c1ccc2ccccc2c1. The highest BCUT2D eigenvalue weighted by atomic mass is 15.0. The van der Waals surface area contributed by atoms with Crippen LogP contribution in [0.1, 0.15) is 36.1 Å². The van der Waals surface area contributed by atoms with E-state index in [1.54, 1.807) is 0 Å². The third-order valence-corrected chi connectivity index (χ3v) is 6.59. The predicted molar refractivity (Wildman–Crippen MR) is 139 cm³/mol. The molecule has 1 heterocycles. The van der Waals surface area contributed by atoms with E-state index in [2.05, 4.69) is 91.0 Å². The van der Waals surface area contributed by atoms with E-state index in [1.165, 1.54) is 38.2 Å². The Morgan fingerprint density at radius 1 is 0.636 bits per heavy atom. The molecule has 160 valence electrons. The summed E-state index contributed by atoms with van der Waals surface area (Å²) in [6, 6.07) is 30.1. The molecule has 3 nitrogen and oxygen atoms in total. The summed E-state index contributed by atoms with van der Waals surface area (Å²) in [5, 5.41) is 4.94. The van der Waals surface area contributed by atoms with E-state index >= 15 is 0 Å². The van der Waals surface area contributed by atoms with E-state index in [4.69, 9.17) is 15.7 Å². The van der Waals surface area contributed by atoms with Crippen molar-refractivity contribution in [2.24, 2.45) is 0 Å². The number of hydrogen-bond acceptors (Lipinski definition) is 3. The van der Waals surface area contributed by atoms with Crippen molar-refractivity contribution in [3.05, 3.63) is 102 Å². The molecule has 1 aliphatic rings. The van der Waals surface area contributed by atoms with Gasteiger partial charge in [-0.15, -0.1) is 0 Å². The van der Waals surface area contributed by atoms with E-state index in [0.717, 1.165) is 42.6 Å². The number of allylic oxidation sites excluding steroid dienone is 1. The van der Waals surface area contributed by atoms with Crippen molar-refractivity contribution in [2.45, 2.75) is 25.7 Å². The maximum Gasteiger partial charge on any atom is 0.221 e. The Morgan fingerprint density at radius 3 is 2.06 bits per heavy atom. The van der Waals surface area contributed by atoms with Crippen LogP contribution in [-0.4, -0.2) is 9.97 Å². The van der Waals surface area contributed by atoms with Gasteiger partial charge in [-0.25, -0.2) is 9.97 Å². The van der Waals surface area contributed by atoms with Gasteiger partial charge in [0.15, 0.2) is 0 Å². The van der Waals surface area contributed by atoms with Crippen molar-refractivity contribution >= 4 is 39.1 Å². The molecule has 1 aliphatic carbocycles. The molecular weight excluding hydrogens is 402 g/mol. The van der Waals surface area contributed by atoms with Gasteiger partial charge in [0.25, 0.3) is 0 Å². The Labute approximate surface area is 193 Å². The number of hydrogen-bond donors (Lipinski definition) is 1. The Balaban J connectivity index is 1.50. The highest BCUT2D eigenvalue weighted by molar-refractivity contribution is 5.91. The predicted octanol–water partition coefficient (Wildman–Crippen LogP) is 7.30. The summed E-state index contributed by atoms with van der Waals surface area (Å²) < 4.78 is 0. The second-order valence-electron chi connectivity index (χ2n) is 8.80. The quantitative estimate of drug-likeness (QED) is 0.301. The molecule has 0 radical (unpaired) electrons. The largest absolute Gasteiger partial charge is 0.368 e.